The third-order valence-electron chi connectivity index (χ3n) is 3.26. The Kier molecular flexibility index (Phi) is 5.77. The van der Waals surface area contributed by atoms with Crippen LogP contribution in [0.4, 0.5) is 0 Å². The first-order valence-electron chi connectivity index (χ1n) is 5.76. The zero-order valence-corrected chi connectivity index (χ0v) is 14.6. The summed E-state index contributed by atoms with van der Waals surface area (Å²) in [5, 5.41) is 2.81. The van der Waals surface area contributed by atoms with Crippen LogP contribution in [0.3, 0.4) is 0 Å². The highest BCUT2D eigenvalue weighted by Crippen LogP contribution is 2.34. The molecule has 1 fully saturated rings. The smallest absolute Gasteiger partial charge is 0.0243 e. The molecule has 0 unspecified atom stereocenters. The Hall–Kier alpha value is 0.660. The molecule has 0 bridgehead atoms. The molecule has 1 aliphatic rings. The lowest BCUT2D eigenvalue weighted by atomic mass is 9.85. The Labute approximate surface area is 135 Å². The molecule has 1 aromatic carbocycles. The van der Waals surface area contributed by atoms with Crippen molar-refractivity contribution in [2.45, 2.75) is 5.41 Å². The van der Waals surface area contributed by atoms with Gasteiger partial charge in [0.2, 0.25) is 0 Å². The summed E-state index contributed by atoms with van der Waals surface area (Å²) in [6.45, 7) is 0. The van der Waals surface area contributed by atoms with E-state index in [9.17, 15) is 0 Å². The second kappa shape index (κ2) is 6.90. The first-order chi connectivity index (χ1) is 8.75. The van der Waals surface area contributed by atoms with Crippen molar-refractivity contribution in [1.82, 2.24) is 0 Å². The van der Waals surface area contributed by atoms with Gasteiger partial charge in [0.25, 0.3) is 0 Å². The van der Waals surface area contributed by atoms with Crippen LogP contribution >= 0.6 is 47.8 Å². The highest BCUT2D eigenvalue weighted by molar-refractivity contribution is 9.10. The topological polar surface area (TPSA) is 0 Å². The molecular formula is C15H14Br3. The van der Waals surface area contributed by atoms with Gasteiger partial charge >= 0.3 is 0 Å². The van der Waals surface area contributed by atoms with Gasteiger partial charge in [-0.15, -0.1) is 0 Å². The molecule has 0 spiro atoms. The van der Waals surface area contributed by atoms with E-state index in [1.54, 1.807) is 0 Å². The fraction of sp³-hybridized carbons (Fsp3) is 0.267. The van der Waals surface area contributed by atoms with Crippen molar-refractivity contribution in [2.75, 3.05) is 16.0 Å². The Bertz CT molecular complexity index is 354. The highest BCUT2D eigenvalue weighted by Gasteiger charge is 2.29. The summed E-state index contributed by atoms with van der Waals surface area (Å²) in [6.07, 6.45) is 8.43. The molecule has 5 radical (unpaired) electrons. The minimum Gasteiger partial charge on any atom is -0.0918 e. The molecule has 0 atom stereocenters. The summed E-state index contributed by atoms with van der Waals surface area (Å²) in [7, 11) is 0. The van der Waals surface area contributed by atoms with Crippen LogP contribution in [0.25, 0.3) is 0 Å². The van der Waals surface area contributed by atoms with Gasteiger partial charge in [0.1, 0.15) is 0 Å². The maximum Gasteiger partial charge on any atom is 0.0243 e. The van der Waals surface area contributed by atoms with E-state index in [-0.39, 0.29) is 5.41 Å². The Balaban J connectivity index is 2.20. The van der Waals surface area contributed by atoms with Crippen LogP contribution in [0.1, 0.15) is 11.1 Å². The van der Waals surface area contributed by atoms with Gasteiger partial charge in [-0.1, -0.05) is 72.1 Å². The van der Waals surface area contributed by atoms with Crippen LogP contribution in [0, 0.1) is 31.6 Å². The van der Waals surface area contributed by atoms with Crippen molar-refractivity contribution in [2.24, 2.45) is 0 Å². The minimum absolute atomic E-state index is 0.116. The van der Waals surface area contributed by atoms with Gasteiger partial charge in [0.15, 0.2) is 0 Å². The highest BCUT2D eigenvalue weighted by atomic mass is 79.9. The molecule has 1 saturated carbocycles. The molecule has 3 heteroatoms. The summed E-state index contributed by atoms with van der Waals surface area (Å²) < 4.78 is 0. The summed E-state index contributed by atoms with van der Waals surface area (Å²) in [4.78, 5) is 0. The zero-order chi connectivity index (χ0) is 13.0. The molecule has 0 saturated heterocycles. The predicted molar refractivity (Wildman–Crippen MR) is 89.0 cm³/mol. The van der Waals surface area contributed by atoms with E-state index in [1.165, 1.54) is 17.0 Å². The summed E-state index contributed by atoms with van der Waals surface area (Å²) in [5.74, 6) is 1.28. The largest absolute Gasteiger partial charge is 0.0918 e. The molecule has 0 amide bonds. The number of hydrogen-bond acceptors (Lipinski definition) is 0. The Morgan fingerprint density at radius 1 is 0.778 bits per heavy atom. The Morgan fingerprint density at radius 2 is 1.28 bits per heavy atom. The van der Waals surface area contributed by atoms with Crippen LogP contribution in [0.5, 0.6) is 0 Å². The van der Waals surface area contributed by atoms with Gasteiger partial charge in [-0.25, -0.2) is 0 Å². The van der Waals surface area contributed by atoms with Crippen LogP contribution < -0.4 is 0 Å². The molecule has 1 aromatic rings. The zero-order valence-electron chi connectivity index (χ0n) is 9.87. The monoisotopic (exact) mass is 431 g/mol. The van der Waals surface area contributed by atoms with E-state index < -0.39 is 0 Å². The van der Waals surface area contributed by atoms with Gasteiger partial charge in [0.05, 0.1) is 0 Å². The first-order valence-corrected chi connectivity index (χ1v) is 9.13. The fourth-order valence-electron chi connectivity index (χ4n) is 1.92. The number of rotatable bonds is 5. The van der Waals surface area contributed by atoms with Gasteiger partial charge in [0, 0.05) is 27.3 Å². The first kappa shape index (κ1) is 15.1. The lowest BCUT2D eigenvalue weighted by Gasteiger charge is -2.28. The SMILES string of the molecule is BrCC(CBr)(CBr)c1ccc([C]2[CH][CH][CH][CH]2)cc1. The van der Waals surface area contributed by atoms with E-state index in [2.05, 4.69) is 97.7 Å². The van der Waals surface area contributed by atoms with E-state index in [4.69, 9.17) is 0 Å². The maximum atomic E-state index is 3.63. The molecule has 0 nitrogen and oxygen atoms in total. The average Bonchev–Trinajstić information content (AvgIpc) is 2.96. The third-order valence-corrected chi connectivity index (χ3v) is 6.48. The van der Waals surface area contributed by atoms with Crippen molar-refractivity contribution in [3.05, 3.63) is 67.0 Å². The van der Waals surface area contributed by atoms with Crippen LogP contribution in [-0.4, -0.2) is 16.0 Å². The average molecular weight is 434 g/mol. The van der Waals surface area contributed by atoms with Gasteiger partial charge < -0.3 is 0 Å². The molecule has 0 heterocycles. The van der Waals surface area contributed by atoms with Crippen molar-refractivity contribution in [1.29, 1.82) is 0 Å². The molecule has 1 aliphatic carbocycles. The van der Waals surface area contributed by atoms with Crippen molar-refractivity contribution in [3.8, 4) is 0 Å². The normalized spacial score (nSPS) is 17.3. The quantitative estimate of drug-likeness (QED) is 0.581. The van der Waals surface area contributed by atoms with Gasteiger partial charge in [-0.3, -0.25) is 0 Å². The Morgan fingerprint density at radius 3 is 1.72 bits per heavy atom. The molecule has 95 valence electrons. The standard InChI is InChI=1S/C15H14Br3/c16-9-15(10-17,11-18)14-7-5-13(6-8-14)12-3-1-2-4-12/h1-8H,9-11H2. The lowest BCUT2D eigenvalue weighted by molar-refractivity contribution is 0.640. The van der Waals surface area contributed by atoms with Crippen molar-refractivity contribution in [3.63, 3.8) is 0 Å². The number of hydrogen-bond donors (Lipinski definition) is 0. The predicted octanol–water partition coefficient (Wildman–Crippen LogP) is 4.86. The lowest BCUT2D eigenvalue weighted by Crippen LogP contribution is -2.32. The summed E-state index contributed by atoms with van der Waals surface area (Å²) >= 11 is 10.9. The van der Waals surface area contributed by atoms with E-state index in [0.717, 1.165) is 16.0 Å². The summed E-state index contributed by atoms with van der Waals surface area (Å²) in [5.41, 5.74) is 2.74. The second-order valence-electron chi connectivity index (χ2n) is 4.43. The van der Waals surface area contributed by atoms with E-state index in [0.29, 0.717) is 0 Å². The molecule has 18 heavy (non-hydrogen) atoms. The van der Waals surface area contributed by atoms with E-state index in [1.807, 2.05) is 0 Å². The van der Waals surface area contributed by atoms with E-state index >= 15 is 0 Å². The molecular weight excluding hydrogens is 420 g/mol. The van der Waals surface area contributed by atoms with Crippen LogP contribution in [0.15, 0.2) is 24.3 Å². The number of halogens is 3. The van der Waals surface area contributed by atoms with Gasteiger partial charge in [-0.05, 0) is 36.8 Å². The van der Waals surface area contributed by atoms with Crippen LogP contribution in [0.2, 0.25) is 0 Å². The summed E-state index contributed by atoms with van der Waals surface area (Å²) in [6, 6.07) is 8.86. The molecule has 2 rings (SSSR count). The number of benzene rings is 1. The minimum atomic E-state index is 0.116. The fourth-order valence-corrected chi connectivity index (χ4v) is 5.68. The molecule has 0 N–H and O–H groups in total. The third kappa shape index (κ3) is 3.04. The van der Waals surface area contributed by atoms with Crippen LogP contribution in [-0.2, 0) is 5.41 Å². The number of alkyl halides is 3. The molecule has 0 aromatic heterocycles. The van der Waals surface area contributed by atoms with Gasteiger partial charge in [-0.2, -0.15) is 0 Å². The van der Waals surface area contributed by atoms with Crippen molar-refractivity contribution >= 4 is 47.8 Å². The molecule has 0 aliphatic heterocycles. The van der Waals surface area contributed by atoms with Crippen molar-refractivity contribution < 1.29 is 0 Å². The maximum absolute atomic E-state index is 3.63. The second-order valence-corrected chi connectivity index (χ2v) is 6.11.